The van der Waals surface area contributed by atoms with E-state index in [4.69, 9.17) is 0 Å². The molecule has 26 heavy (non-hydrogen) atoms. The lowest BCUT2D eigenvalue weighted by Gasteiger charge is -2.36. The number of carbonyl (C=O) groups is 1. The van der Waals surface area contributed by atoms with E-state index < -0.39 is 16.1 Å². The van der Waals surface area contributed by atoms with Crippen LogP contribution in [-0.2, 0) is 34.8 Å². The number of carbonyl (C=O) groups excluding carboxylic acids is 1. The smallest absolute Gasteiger partial charge is 0.246 e. The third-order valence-electron chi connectivity index (χ3n) is 4.48. The number of aryl methyl sites for hydroxylation is 2. The van der Waals surface area contributed by atoms with Gasteiger partial charge in [-0.15, -0.1) is 11.3 Å². The minimum Gasteiger partial charge on any atom is -0.296 e. The number of nitrogens with zero attached hydrogens (tertiary/aromatic N) is 5. The number of piperidine rings is 1. The molecular formula is C16H23N5O3S2. The van der Waals surface area contributed by atoms with Crippen LogP contribution in [0.25, 0.3) is 0 Å². The summed E-state index contributed by atoms with van der Waals surface area (Å²) in [6, 6.07) is 1.04. The van der Waals surface area contributed by atoms with Crippen LogP contribution in [0.2, 0.25) is 0 Å². The van der Waals surface area contributed by atoms with Crippen molar-refractivity contribution in [3.8, 4) is 0 Å². The van der Waals surface area contributed by atoms with Crippen molar-refractivity contribution < 1.29 is 13.2 Å². The Bertz CT molecular complexity index is 889. The van der Waals surface area contributed by atoms with Crippen LogP contribution < -0.4 is 4.90 Å². The Morgan fingerprint density at radius 1 is 1.42 bits per heavy atom. The fourth-order valence-electron chi connectivity index (χ4n) is 3.18. The van der Waals surface area contributed by atoms with Crippen molar-refractivity contribution in [2.75, 3.05) is 17.7 Å². The van der Waals surface area contributed by atoms with E-state index in [2.05, 4.69) is 10.1 Å². The minimum absolute atomic E-state index is 0.116. The van der Waals surface area contributed by atoms with Crippen LogP contribution in [0.1, 0.15) is 30.5 Å². The molecule has 3 heterocycles. The molecule has 1 atom stereocenters. The lowest BCUT2D eigenvalue weighted by molar-refractivity contribution is -0.123. The van der Waals surface area contributed by atoms with Crippen LogP contribution in [0.4, 0.5) is 5.82 Å². The van der Waals surface area contributed by atoms with Gasteiger partial charge in [0.2, 0.25) is 15.9 Å². The van der Waals surface area contributed by atoms with E-state index in [0.29, 0.717) is 24.5 Å². The maximum Gasteiger partial charge on any atom is 0.246 e. The molecule has 10 heteroatoms. The van der Waals surface area contributed by atoms with Crippen LogP contribution in [0, 0.1) is 0 Å². The monoisotopic (exact) mass is 397 g/mol. The molecule has 142 valence electrons. The summed E-state index contributed by atoms with van der Waals surface area (Å²) in [5, 5.41) is 6.93. The number of hydrogen-bond donors (Lipinski definition) is 0. The summed E-state index contributed by atoms with van der Waals surface area (Å²) in [6.07, 6.45) is 4.81. The molecule has 1 saturated heterocycles. The van der Waals surface area contributed by atoms with Gasteiger partial charge < -0.3 is 0 Å². The van der Waals surface area contributed by atoms with Crippen molar-refractivity contribution in [3.05, 3.63) is 28.3 Å². The Kier molecular flexibility index (Phi) is 5.44. The van der Waals surface area contributed by atoms with Gasteiger partial charge in [0, 0.05) is 25.0 Å². The molecule has 0 aliphatic carbocycles. The number of amides is 1. The molecule has 0 saturated carbocycles. The van der Waals surface area contributed by atoms with E-state index in [-0.39, 0.29) is 12.5 Å². The SMILES string of the molecule is CCc1nc(CN(C2CCCN(c3ccnn3C)C2=O)S(C)(=O)=O)cs1. The highest BCUT2D eigenvalue weighted by molar-refractivity contribution is 7.88. The number of anilines is 1. The average molecular weight is 398 g/mol. The van der Waals surface area contributed by atoms with Crippen LogP contribution in [0.3, 0.4) is 0 Å². The third-order valence-corrected chi connectivity index (χ3v) is 6.75. The van der Waals surface area contributed by atoms with Crippen molar-refractivity contribution in [1.29, 1.82) is 0 Å². The van der Waals surface area contributed by atoms with E-state index in [1.165, 1.54) is 15.6 Å². The van der Waals surface area contributed by atoms with Gasteiger partial charge in [0.1, 0.15) is 11.9 Å². The minimum atomic E-state index is -3.57. The van der Waals surface area contributed by atoms with Crippen LogP contribution in [0.15, 0.2) is 17.6 Å². The Balaban J connectivity index is 1.88. The summed E-state index contributed by atoms with van der Waals surface area (Å²) in [6.45, 7) is 2.68. The summed E-state index contributed by atoms with van der Waals surface area (Å²) in [4.78, 5) is 19.2. The van der Waals surface area contributed by atoms with Gasteiger partial charge in [-0.1, -0.05) is 6.92 Å². The van der Waals surface area contributed by atoms with Gasteiger partial charge in [0.25, 0.3) is 0 Å². The maximum absolute atomic E-state index is 13.1. The van der Waals surface area contributed by atoms with Gasteiger partial charge in [0.15, 0.2) is 0 Å². The fourth-order valence-corrected chi connectivity index (χ4v) is 4.95. The zero-order valence-electron chi connectivity index (χ0n) is 15.1. The topological polar surface area (TPSA) is 88.4 Å². The second kappa shape index (κ2) is 7.45. The Morgan fingerprint density at radius 2 is 2.19 bits per heavy atom. The summed E-state index contributed by atoms with van der Waals surface area (Å²) >= 11 is 1.51. The Morgan fingerprint density at radius 3 is 2.77 bits per heavy atom. The van der Waals surface area contributed by atoms with E-state index in [1.54, 1.807) is 28.9 Å². The summed E-state index contributed by atoms with van der Waals surface area (Å²) in [5.41, 5.74) is 0.683. The van der Waals surface area contributed by atoms with E-state index in [0.717, 1.165) is 24.1 Å². The quantitative estimate of drug-likeness (QED) is 0.735. The normalized spacial score (nSPS) is 18.7. The second-order valence-electron chi connectivity index (χ2n) is 6.36. The molecule has 0 spiro atoms. The standard InChI is InChI=1S/C16H23N5O3S2/c1-4-14-18-12(11-25-14)10-21(26(3,23)24)13-6-5-9-20(16(13)22)15-7-8-17-19(15)2/h7-8,11,13H,4-6,9-10H2,1-3H3. The molecule has 1 aliphatic rings. The van der Waals surface area contributed by atoms with Crippen LogP contribution >= 0.6 is 11.3 Å². The molecule has 8 nitrogen and oxygen atoms in total. The molecule has 1 aliphatic heterocycles. The van der Waals surface area contributed by atoms with Gasteiger partial charge in [-0.05, 0) is 19.3 Å². The first-order valence-electron chi connectivity index (χ1n) is 8.50. The number of rotatable bonds is 6. The average Bonchev–Trinajstić information content (AvgIpc) is 3.21. The fraction of sp³-hybridized carbons (Fsp3) is 0.562. The highest BCUT2D eigenvalue weighted by atomic mass is 32.2. The molecule has 0 aromatic carbocycles. The summed E-state index contributed by atoms with van der Waals surface area (Å²) in [5.74, 6) is 0.464. The summed E-state index contributed by atoms with van der Waals surface area (Å²) < 4.78 is 27.8. The van der Waals surface area contributed by atoms with Gasteiger partial charge >= 0.3 is 0 Å². The zero-order chi connectivity index (χ0) is 18.9. The lowest BCUT2D eigenvalue weighted by atomic mass is 10.0. The molecule has 0 N–H and O–H groups in total. The molecule has 1 amide bonds. The molecule has 1 fully saturated rings. The molecule has 3 rings (SSSR count). The highest BCUT2D eigenvalue weighted by Crippen LogP contribution is 2.26. The first kappa shape index (κ1) is 19.0. The molecular weight excluding hydrogens is 374 g/mol. The maximum atomic E-state index is 13.1. The molecule has 1 unspecified atom stereocenters. The molecule has 2 aromatic heterocycles. The van der Waals surface area contributed by atoms with E-state index in [9.17, 15) is 13.2 Å². The number of hydrogen-bond acceptors (Lipinski definition) is 6. The van der Waals surface area contributed by atoms with Crippen molar-refractivity contribution in [2.24, 2.45) is 7.05 Å². The molecule has 2 aromatic rings. The summed E-state index contributed by atoms with van der Waals surface area (Å²) in [7, 11) is -1.80. The largest absolute Gasteiger partial charge is 0.296 e. The third kappa shape index (κ3) is 3.81. The Hall–Kier alpha value is -1.78. The number of aromatic nitrogens is 3. The van der Waals surface area contributed by atoms with Crippen LogP contribution in [-0.4, -0.2) is 52.2 Å². The van der Waals surface area contributed by atoms with Crippen molar-refractivity contribution >= 4 is 33.1 Å². The van der Waals surface area contributed by atoms with E-state index in [1.807, 2.05) is 12.3 Å². The Labute approximate surface area is 157 Å². The first-order chi connectivity index (χ1) is 12.3. The second-order valence-corrected chi connectivity index (χ2v) is 9.23. The molecule has 0 bridgehead atoms. The molecule has 0 radical (unpaired) electrons. The highest BCUT2D eigenvalue weighted by Gasteiger charge is 2.39. The zero-order valence-corrected chi connectivity index (χ0v) is 16.8. The van der Waals surface area contributed by atoms with E-state index >= 15 is 0 Å². The number of thiazole rings is 1. The van der Waals surface area contributed by atoms with Gasteiger partial charge in [-0.25, -0.2) is 13.4 Å². The van der Waals surface area contributed by atoms with Crippen molar-refractivity contribution in [1.82, 2.24) is 19.1 Å². The van der Waals surface area contributed by atoms with Crippen LogP contribution in [0.5, 0.6) is 0 Å². The first-order valence-corrected chi connectivity index (χ1v) is 11.2. The van der Waals surface area contributed by atoms with Gasteiger partial charge in [-0.2, -0.15) is 9.40 Å². The predicted octanol–water partition coefficient (Wildman–Crippen LogP) is 1.40. The lowest BCUT2D eigenvalue weighted by Crippen LogP contribution is -2.54. The van der Waals surface area contributed by atoms with Crippen molar-refractivity contribution in [2.45, 2.75) is 38.8 Å². The van der Waals surface area contributed by atoms with Crippen molar-refractivity contribution in [3.63, 3.8) is 0 Å². The predicted molar refractivity (Wildman–Crippen MR) is 100 cm³/mol. The number of sulfonamides is 1. The van der Waals surface area contributed by atoms with Gasteiger partial charge in [0.05, 0.1) is 29.7 Å². The van der Waals surface area contributed by atoms with Gasteiger partial charge in [-0.3, -0.25) is 14.4 Å².